The molecule has 0 amide bonds. The van der Waals surface area contributed by atoms with Gasteiger partial charge in [0, 0.05) is 19.7 Å². The van der Waals surface area contributed by atoms with Crippen molar-refractivity contribution in [1.82, 2.24) is 5.01 Å². The van der Waals surface area contributed by atoms with E-state index in [9.17, 15) is 0 Å². The molecule has 0 spiro atoms. The van der Waals surface area contributed by atoms with Crippen LogP contribution in [0.3, 0.4) is 0 Å². The Morgan fingerprint density at radius 1 is 1.35 bits per heavy atom. The summed E-state index contributed by atoms with van der Waals surface area (Å²) >= 11 is 0. The van der Waals surface area contributed by atoms with Crippen LogP contribution in [0.2, 0.25) is 0 Å². The van der Waals surface area contributed by atoms with E-state index >= 15 is 0 Å². The first-order chi connectivity index (χ1) is 8.19. The maximum Gasteiger partial charge on any atom is 0.169 e. The Bertz CT molecular complexity index is 376. The summed E-state index contributed by atoms with van der Waals surface area (Å²) in [6.07, 6.45) is 2.73. The highest BCUT2D eigenvalue weighted by Crippen LogP contribution is 2.30. The lowest BCUT2D eigenvalue weighted by molar-refractivity contribution is 0.294. The summed E-state index contributed by atoms with van der Waals surface area (Å²) in [5.74, 6) is 1.49. The Morgan fingerprint density at radius 2 is 2.12 bits per heavy atom. The van der Waals surface area contributed by atoms with Crippen molar-refractivity contribution in [2.45, 2.75) is 13.3 Å². The van der Waals surface area contributed by atoms with E-state index in [-0.39, 0.29) is 0 Å². The van der Waals surface area contributed by atoms with Crippen LogP contribution in [-0.4, -0.2) is 39.0 Å². The first kappa shape index (κ1) is 13.4. The number of hydrogen-bond donors (Lipinski definition) is 0. The number of methoxy groups -OCH3 is 1. The fourth-order valence-corrected chi connectivity index (χ4v) is 1.33. The molecule has 1 aromatic rings. The molecule has 0 bridgehead atoms. The van der Waals surface area contributed by atoms with Gasteiger partial charge in [-0.05, 0) is 18.6 Å². The quantitative estimate of drug-likeness (QED) is 0.562. The van der Waals surface area contributed by atoms with Gasteiger partial charge in [-0.3, -0.25) is 0 Å². The number of benzene rings is 1. The number of para-hydroxylation sites is 1. The molecule has 0 aliphatic rings. The Balaban J connectivity index is 3.01. The zero-order valence-electron chi connectivity index (χ0n) is 10.9. The summed E-state index contributed by atoms with van der Waals surface area (Å²) in [4.78, 5) is 0. The van der Waals surface area contributed by atoms with Gasteiger partial charge in [-0.25, -0.2) is 0 Å². The third-order valence-corrected chi connectivity index (χ3v) is 2.11. The number of rotatable bonds is 6. The minimum atomic E-state index is 0.670. The third-order valence-electron chi connectivity index (χ3n) is 2.11. The largest absolute Gasteiger partial charge is 0.493 e. The molecule has 0 aliphatic heterocycles. The summed E-state index contributed by atoms with van der Waals surface area (Å²) in [6, 6.07) is 5.77. The van der Waals surface area contributed by atoms with Crippen molar-refractivity contribution < 1.29 is 9.47 Å². The molecular formula is C13H20N2O2. The first-order valence-electron chi connectivity index (χ1n) is 5.70. The van der Waals surface area contributed by atoms with Gasteiger partial charge in [0.15, 0.2) is 11.5 Å². The van der Waals surface area contributed by atoms with Gasteiger partial charge in [0.25, 0.3) is 0 Å². The topological polar surface area (TPSA) is 34.1 Å². The summed E-state index contributed by atoms with van der Waals surface area (Å²) in [5, 5.41) is 5.95. The Morgan fingerprint density at radius 3 is 2.71 bits per heavy atom. The van der Waals surface area contributed by atoms with E-state index in [1.165, 1.54) is 0 Å². The lowest BCUT2D eigenvalue weighted by Crippen LogP contribution is -2.04. The van der Waals surface area contributed by atoms with Crippen LogP contribution in [0, 0.1) is 0 Å². The molecule has 0 saturated carbocycles. The van der Waals surface area contributed by atoms with Crippen LogP contribution in [0.4, 0.5) is 0 Å². The predicted octanol–water partition coefficient (Wildman–Crippen LogP) is 2.38. The monoisotopic (exact) mass is 236 g/mol. The SMILES string of the molecule is CCCOc1c(/C=N/N(C)C)cccc1OC. The average molecular weight is 236 g/mol. The van der Waals surface area contributed by atoms with Crippen LogP contribution in [-0.2, 0) is 0 Å². The molecule has 1 aromatic carbocycles. The number of hydrazone groups is 1. The maximum absolute atomic E-state index is 5.71. The molecule has 0 radical (unpaired) electrons. The minimum Gasteiger partial charge on any atom is -0.493 e. The molecule has 4 heteroatoms. The first-order valence-corrected chi connectivity index (χ1v) is 5.70. The number of ether oxygens (including phenoxy) is 2. The van der Waals surface area contributed by atoms with Gasteiger partial charge in [-0.2, -0.15) is 5.10 Å². The van der Waals surface area contributed by atoms with Gasteiger partial charge in [-0.15, -0.1) is 0 Å². The van der Waals surface area contributed by atoms with E-state index in [0.717, 1.165) is 23.5 Å². The average Bonchev–Trinajstić information content (AvgIpc) is 2.33. The van der Waals surface area contributed by atoms with Gasteiger partial charge < -0.3 is 14.5 Å². The Labute approximate surface area is 103 Å². The molecule has 0 unspecified atom stereocenters. The van der Waals surface area contributed by atoms with Crippen LogP contribution in [0.5, 0.6) is 11.5 Å². The highest BCUT2D eigenvalue weighted by molar-refractivity contribution is 5.84. The molecule has 1 rings (SSSR count). The van der Waals surface area contributed by atoms with E-state index in [4.69, 9.17) is 9.47 Å². The van der Waals surface area contributed by atoms with Gasteiger partial charge in [0.05, 0.1) is 19.9 Å². The van der Waals surface area contributed by atoms with Crippen molar-refractivity contribution in [2.24, 2.45) is 5.10 Å². The molecule has 0 heterocycles. The number of nitrogens with zero attached hydrogens (tertiary/aromatic N) is 2. The molecule has 0 atom stereocenters. The normalized spacial score (nSPS) is 10.6. The number of hydrogen-bond acceptors (Lipinski definition) is 4. The van der Waals surface area contributed by atoms with Crippen molar-refractivity contribution in [3.63, 3.8) is 0 Å². The molecular weight excluding hydrogens is 216 g/mol. The van der Waals surface area contributed by atoms with Crippen molar-refractivity contribution in [3.05, 3.63) is 23.8 Å². The van der Waals surface area contributed by atoms with Crippen LogP contribution in [0.15, 0.2) is 23.3 Å². The predicted molar refractivity (Wildman–Crippen MR) is 70.1 cm³/mol. The Kier molecular flexibility index (Phi) is 5.33. The lowest BCUT2D eigenvalue weighted by Gasteiger charge is -2.12. The van der Waals surface area contributed by atoms with Crippen LogP contribution >= 0.6 is 0 Å². The van der Waals surface area contributed by atoms with Gasteiger partial charge in [0.2, 0.25) is 0 Å². The summed E-state index contributed by atoms with van der Waals surface area (Å²) in [6.45, 7) is 2.74. The molecule has 0 fully saturated rings. The van der Waals surface area contributed by atoms with Crippen LogP contribution in [0.25, 0.3) is 0 Å². The molecule has 94 valence electrons. The second-order valence-electron chi connectivity index (χ2n) is 3.82. The third kappa shape index (κ3) is 3.98. The molecule has 0 saturated heterocycles. The zero-order valence-corrected chi connectivity index (χ0v) is 10.9. The van der Waals surface area contributed by atoms with E-state index in [1.807, 2.05) is 32.3 Å². The summed E-state index contributed by atoms with van der Waals surface area (Å²) < 4.78 is 11.0. The van der Waals surface area contributed by atoms with E-state index in [2.05, 4.69) is 12.0 Å². The smallest absolute Gasteiger partial charge is 0.169 e. The van der Waals surface area contributed by atoms with Crippen LogP contribution < -0.4 is 9.47 Å². The minimum absolute atomic E-state index is 0.670. The fraction of sp³-hybridized carbons (Fsp3) is 0.462. The van der Waals surface area contributed by atoms with E-state index < -0.39 is 0 Å². The summed E-state index contributed by atoms with van der Waals surface area (Å²) in [5.41, 5.74) is 0.923. The second-order valence-corrected chi connectivity index (χ2v) is 3.82. The van der Waals surface area contributed by atoms with E-state index in [1.54, 1.807) is 18.3 Å². The van der Waals surface area contributed by atoms with Gasteiger partial charge in [0.1, 0.15) is 0 Å². The van der Waals surface area contributed by atoms with Crippen molar-refractivity contribution >= 4 is 6.21 Å². The Hall–Kier alpha value is -1.71. The highest BCUT2D eigenvalue weighted by atomic mass is 16.5. The van der Waals surface area contributed by atoms with Crippen molar-refractivity contribution in [1.29, 1.82) is 0 Å². The second kappa shape index (κ2) is 6.78. The highest BCUT2D eigenvalue weighted by Gasteiger charge is 2.08. The van der Waals surface area contributed by atoms with Gasteiger partial charge >= 0.3 is 0 Å². The molecule has 0 aliphatic carbocycles. The molecule has 17 heavy (non-hydrogen) atoms. The lowest BCUT2D eigenvalue weighted by atomic mass is 10.2. The molecule has 0 aromatic heterocycles. The fourth-order valence-electron chi connectivity index (χ4n) is 1.33. The molecule has 0 N–H and O–H groups in total. The summed E-state index contributed by atoms with van der Waals surface area (Å²) in [7, 11) is 5.40. The maximum atomic E-state index is 5.71. The van der Waals surface area contributed by atoms with Crippen molar-refractivity contribution in [2.75, 3.05) is 27.8 Å². The molecule has 4 nitrogen and oxygen atoms in total. The van der Waals surface area contributed by atoms with Crippen molar-refractivity contribution in [3.8, 4) is 11.5 Å². The standard InChI is InChI=1S/C13H20N2O2/c1-5-9-17-13-11(10-14-15(2)3)7-6-8-12(13)16-4/h6-8,10H,5,9H2,1-4H3/b14-10+. The van der Waals surface area contributed by atoms with Crippen LogP contribution in [0.1, 0.15) is 18.9 Å². The van der Waals surface area contributed by atoms with E-state index in [0.29, 0.717) is 6.61 Å². The van der Waals surface area contributed by atoms with Gasteiger partial charge in [-0.1, -0.05) is 13.0 Å². The zero-order chi connectivity index (χ0) is 12.7.